The van der Waals surface area contributed by atoms with E-state index in [-0.39, 0.29) is 21.6 Å². The summed E-state index contributed by atoms with van der Waals surface area (Å²) in [6, 6.07) is 2.90. The SMILES string of the molecule is Nc1c(Cl)cc(C(=O)Nc2cnns2)cc1Cl. The van der Waals surface area contributed by atoms with Gasteiger partial charge < -0.3 is 11.1 Å². The van der Waals surface area contributed by atoms with Crippen LogP contribution in [0.3, 0.4) is 0 Å². The number of carbonyl (C=O) groups excluding carboxylic acids is 1. The summed E-state index contributed by atoms with van der Waals surface area (Å²) in [5.41, 5.74) is 6.15. The van der Waals surface area contributed by atoms with Gasteiger partial charge in [0.1, 0.15) is 5.00 Å². The van der Waals surface area contributed by atoms with Crippen LogP contribution in [-0.2, 0) is 0 Å². The largest absolute Gasteiger partial charge is 0.396 e. The van der Waals surface area contributed by atoms with Crippen molar-refractivity contribution in [2.45, 2.75) is 0 Å². The van der Waals surface area contributed by atoms with E-state index in [0.717, 1.165) is 11.5 Å². The van der Waals surface area contributed by atoms with Gasteiger partial charge in [-0.1, -0.05) is 27.7 Å². The molecular weight excluding hydrogens is 283 g/mol. The number of hydrogen-bond acceptors (Lipinski definition) is 5. The van der Waals surface area contributed by atoms with Crippen molar-refractivity contribution in [3.05, 3.63) is 33.9 Å². The monoisotopic (exact) mass is 288 g/mol. The number of nitrogens with two attached hydrogens (primary N) is 1. The van der Waals surface area contributed by atoms with Gasteiger partial charge in [0, 0.05) is 17.1 Å². The van der Waals surface area contributed by atoms with Crippen LogP contribution < -0.4 is 11.1 Å². The van der Waals surface area contributed by atoms with Gasteiger partial charge in [-0.25, -0.2) is 0 Å². The number of hydrogen-bond donors (Lipinski definition) is 2. The lowest BCUT2D eigenvalue weighted by Crippen LogP contribution is -2.11. The molecule has 3 N–H and O–H groups in total. The van der Waals surface area contributed by atoms with Crippen molar-refractivity contribution in [3.63, 3.8) is 0 Å². The number of benzene rings is 1. The minimum atomic E-state index is -0.347. The lowest BCUT2D eigenvalue weighted by Gasteiger charge is -2.05. The van der Waals surface area contributed by atoms with Gasteiger partial charge in [0.15, 0.2) is 0 Å². The normalized spacial score (nSPS) is 10.2. The van der Waals surface area contributed by atoms with Crippen LogP contribution in [0.2, 0.25) is 10.0 Å². The summed E-state index contributed by atoms with van der Waals surface area (Å²) >= 11 is 12.7. The molecular formula is C9H6Cl2N4OS. The van der Waals surface area contributed by atoms with Gasteiger partial charge in [-0.2, -0.15) is 0 Å². The highest BCUT2D eigenvalue weighted by Crippen LogP contribution is 2.29. The van der Waals surface area contributed by atoms with Crippen molar-refractivity contribution in [1.82, 2.24) is 9.59 Å². The van der Waals surface area contributed by atoms with E-state index in [2.05, 4.69) is 14.9 Å². The van der Waals surface area contributed by atoms with Crippen molar-refractivity contribution in [2.75, 3.05) is 11.1 Å². The molecule has 8 heteroatoms. The van der Waals surface area contributed by atoms with E-state index in [1.54, 1.807) is 0 Å². The molecule has 0 saturated heterocycles. The number of aromatic nitrogens is 2. The molecule has 17 heavy (non-hydrogen) atoms. The summed E-state index contributed by atoms with van der Waals surface area (Å²) in [5.74, 6) is -0.347. The molecule has 1 aromatic heterocycles. The highest BCUT2D eigenvalue weighted by atomic mass is 35.5. The van der Waals surface area contributed by atoms with Crippen LogP contribution in [0.15, 0.2) is 18.3 Å². The fourth-order valence-electron chi connectivity index (χ4n) is 1.12. The molecule has 0 aliphatic heterocycles. The summed E-state index contributed by atoms with van der Waals surface area (Å²) in [5, 5.41) is 7.23. The molecule has 0 atom stereocenters. The van der Waals surface area contributed by atoms with E-state index in [1.165, 1.54) is 18.3 Å². The third-order valence-electron chi connectivity index (χ3n) is 1.94. The second-order valence-corrected chi connectivity index (χ2v) is 4.69. The Labute approximate surface area is 111 Å². The van der Waals surface area contributed by atoms with Crippen LogP contribution in [0.25, 0.3) is 0 Å². The highest BCUT2D eigenvalue weighted by Gasteiger charge is 2.12. The van der Waals surface area contributed by atoms with Crippen molar-refractivity contribution in [1.29, 1.82) is 0 Å². The topological polar surface area (TPSA) is 80.9 Å². The number of nitrogens with zero attached hydrogens (tertiary/aromatic N) is 2. The molecule has 2 rings (SSSR count). The van der Waals surface area contributed by atoms with Crippen LogP contribution >= 0.6 is 34.7 Å². The predicted octanol–water partition coefficient (Wildman–Crippen LogP) is 2.68. The molecule has 0 aliphatic rings. The summed E-state index contributed by atoms with van der Waals surface area (Å²) in [6.07, 6.45) is 1.45. The standard InChI is InChI=1S/C9H6Cl2N4OS/c10-5-1-4(2-6(11)8(5)12)9(16)14-7-3-13-15-17-7/h1-3H,12H2,(H,14,16). The van der Waals surface area contributed by atoms with Crippen molar-refractivity contribution < 1.29 is 4.79 Å². The summed E-state index contributed by atoms with van der Waals surface area (Å²) < 4.78 is 3.62. The summed E-state index contributed by atoms with van der Waals surface area (Å²) in [7, 11) is 0. The van der Waals surface area contributed by atoms with E-state index >= 15 is 0 Å². The molecule has 0 radical (unpaired) electrons. The van der Waals surface area contributed by atoms with Gasteiger partial charge in [0.05, 0.1) is 21.9 Å². The fourth-order valence-corrected chi connectivity index (χ4v) is 2.02. The molecule has 1 amide bonds. The van der Waals surface area contributed by atoms with Gasteiger partial charge in [0.2, 0.25) is 0 Å². The molecule has 0 spiro atoms. The second kappa shape index (κ2) is 4.87. The molecule has 2 aromatic rings. The van der Waals surface area contributed by atoms with Crippen molar-refractivity contribution in [3.8, 4) is 0 Å². The zero-order valence-electron chi connectivity index (χ0n) is 8.28. The maximum Gasteiger partial charge on any atom is 0.256 e. The lowest BCUT2D eigenvalue weighted by atomic mass is 10.2. The average molecular weight is 289 g/mol. The molecule has 1 heterocycles. The number of anilines is 2. The lowest BCUT2D eigenvalue weighted by molar-refractivity contribution is 0.102. The number of halogens is 2. The molecule has 0 aliphatic carbocycles. The fraction of sp³-hybridized carbons (Fsp3) is 0. The van der Waals surface area contributed by atoms with E-state index in [1.807, 2.05) is 0 Å². The minimum Gasteiger partial charge on any atom is -0.396 e. The van der Waals surface area contributed by atoms with Crippen LogP contribution in [0.5, 0.6) is 0 Å². The maximum atomic E-state index is 11.8. The Bertz CT molecular complexity index is 535. The van der Waals surface area contributed by atoms with Crippen molar-refractivity contribution >= 4 is 51.3 Å². The molecule has 5 nitrogen and oxygen atoms in total. The summed E-state index contributed by atoms with van der Waals surface area (Å²) in [4.78, 5) is 11.8. The number of rotatable bonds is 2. The highest BCUT2D eigenvalue weighted by molar-refractivity contribution is 7.10. The molecule has 88 valence electrons. The average Bonchev–Trinajstić information content (AvgIpc) is 2.77. The van der Waals surface area contributed by atoms with E-state index in [4.69, 9.17) is 28.9 Å². The third-order valence-corrected chi connectivity index (χ3v) is 3.14. The molecule has 0 saturated carbocycles. The van der Waals surface area contributed by atoms with E-state index in [9.17, 15) is 4.79 Å². The zero-order valence-corrected chi connectivity index (χ0v) is 10.6. The van der Waals surface area contributed by atoms with Crippen LogP contribution in [0, 0.1) is 0 Å². The summed E-state index contributed by atoms with van der Waals surface area (Å²) in [6.45, 7) is 0. The van der Waals surface area contributed by atoms with E-state index < -0.39 is 0 Å². The second-order valence-electron chi connectivity index (χ2n) is 3.09. The van der Waals surface area contributed by atoms with Gasteiger partial charge in [-0.05, 0) is 12.1 Å². The van der Waals surface area contributed by atoms with E-state index in [0.29, 0.717) is 10.6 Å². The van der Waals surface area contributed by atoms with Gasteiger partial charge in [-0.3, -0.25) is 4.79 Å². The number of amides is 1. The molecule has 0 fully saturated rings. The van der Waals surface area contributed by atoms with Crippen LogP contribution in [-0.4, -0.2) is 15.5 Å². The Morgan fingerprint density at radius 2 is 2.00 bits per heavy atom. The quantitative estimate of drug-likeness (QED) is 0.833. The molecule has 0 unspecified atom stereocenters. The maximum absolute atomic E-state index is 11.8. The number of nitrogen functional groups attached to an aromatic ring is 1. The van der Waals surface area contributed by atoms with Crippen LogP contribution in [0.4, 0.5) is 10.7 Å². The Balaban J connectivity index is 2.26. The Morgan fingerprint density at radius 1 is 1.35 bits per heavy atom. The first-order chi connectivity index (χ1) is 8.08. The Kier molecular flexibility index (Phi) is 3.46. The zero-order chi connectivity index (χ0) is 12.4. The minimum absolute atomic E-state index is 0.241. The molecule has 1 aromatic carbocycles. The van der Waals surface area contributed by atoms with Crippen LogP contribution in [0.1, 0.15) is 10.4 Å². The first kappa shape index (κ1) is 12.1. The Hall–Kier alpha value is -1.37. The Morgan fingerprint density at radius 3 is 2.53 bits per heavy atom. The first-order valence-electron chi connectivity index (χ1n) is 4.41. The van der Waals surface area contributed by atoms with Gasteiger partial charge in [0.25, 0.3) is 5.91 Å². The smallest absolute Gasteiger partial charge is 0.256 e. The number of nitrogens with one attached hydrogen (secondary N) is 1. The first-order valence-corrected chi connectivity index (χ1v) is 5.94. The number of carbonyl (C=O) groups is 1. The third kappa shape index (κ3) is 2.66. The van der Waals surface area contributed by atoms with Crippen molar-refractivity contribution in [2.24, 2.45) is 0 Å². The molecule has 0 bridgehead atoms. The van der Waals surface area contributed by atoms with Gasteiger partial charge >= 0.3 is 0 Å². The predicted molar refractivity (Wildman–Crippen MR) is 68.7 cm³/mol. The van der Waals surface area contributed by atoms with Gasteiger partial charge in [-0.15, -0.1) is 5.10 Å².